The van der Waals surface area contributed by atoms with Crippen LogP contribution >= 0.6 is 11.6 Å². The smallest absolute Gasteiger partial charge is 0.212 e. The number of pyridine rings is 1. The van der Waals surface area contributed by atoms with Crippen molar-refractivity contribution in [1.82, 2.24) is 4.98 Å². The molecule has 62 valence electrons. The van der Waals surface area contributed by atoms with Crippen LogP contribution in [0, 0.1) is 0 Å². The summed E-state index contributed by atoms with van der Waals surface area (Å²) in [7, 11) is 5.45. The SMILES string of the molecule is BC(B)(Cl)c1ccc(OC)nc1. The van der Waals surface area contributed by atoms with Gasteiger partial charge in [-0.05, 0) is 5.56 Å². The Labute approximate surface area is 79.1 Å². The average Bonchev–Trinajstić information content (AvgIpc) is 2.03. The highest BCUT2D eigenvalue weighted by Gasteiger charge is 2.16. The van der Waals surface area contributed by atoms with E-state index in [1.165, 1.54) is 0 Å². The molecule has 1 rings (SSSR count). The third kappa shape index (κ3) is 2.18. The number of halogens is 1. The van der Waals surface area contributed by atoms with Crippen LogP contribution in [0.25, 0.3) is 0 Å². The zero-order chi connectivity index (χ0) is 9.19. The summed E-state index contributed by atoms with van der Waals surface area (Å²) in [6.07, 6.45) is 1.73. The second-order valence-electron chi connectivity index (χ2n) is 3.06. The van der Waals surface area contributed by atoms with Crippen molar-refractivity contribution in [2.45, 2.75) is 4.67 Å². The van der Waals surface area contributed by atoms with E-state index in [-0.39, 0.29) is 4.67 Å². The number of rotatable bonds is 2. The number of hydrogen-bond donors (Lipinski definition) is 0. The number of ether oxygens (including phenoxy) is 1. The Morgan fingerprint density at radius 1 is 1.50 bits per heavy atom. The molecule has 0 saturated heterocycles. The van der Waals surface area contributed by atoms with E-state index < -0.39 is 0 Å². The molecule has 0 bridgehead atoms. The van der Waals surface area contributed by atoms with Gasteiger partial charge in [-0.1, -0.05) is 6.07 Å². The minimum absolute atomic E-state index is 0.362. The Kier molecular flexibility index (Phi) is 2.68. The average molecular weight is 181 g/mol. The predicted octanol–water partition coefficient (Wildman–Crippen LogP) is -0.294. The fourth-order valence-electron chi connectivity index (χ4n) is 0.853. The van der Waals surface area contributed by atoms with Crippen LogP contribution in [0.5, 0.6) is 5.88 Å². The van der Waals surface area contributed by atoms with E-state index in [9.17, 15) is 0 Å². The third-order valence-corrected chi connectivity index (χ3v) is 1.85. The first-order valence-electron chi connectivity index (χ1n) is 3.73. The van der Waals surface area contributed by atoms with Crippen molar-refractivity contribution >= 4 is 27.3 Å². The van der Waals surface area contributed by atoms with Crippen LogP contribution in [-0.2, 0) is 4.67 Å². The molecule has 5 heteroatoms. The summed E-state index contributed by atoms with van der Waals surface area (Å²) in [6, 6.07) is 3.72. The largest absolute Gasteiger partial charge is 0.481 e. The molecule has 0 atom stereocenters. The first-order chi connectivity index (χ1) is 5.54. The van der Waals surface area contributed by atoms with Crippen LogP contribution < -0.4 is 4.74 Å². The van der Waals surface area contributed by atoms with Gasteiger partial charge in [-0.15, -0.1) is 11.6 Å². The van der Waals surface area contributed by atoms with Crippen LogP contribution in [0.1, 0.15) is 5.56 Å². The molecule has 0 aromatic carbocycles. The van der Waals surface area contributed by atoms with Crippen LogP contribution in [0.2, 0.25) is 0 Å². The lowest BCUT2D eigenvalue weighted by Gasteiger charge is -2.15. The number of nitrogens with zero attached hydrogens (tertiary/aromatic N) is 1. The maximum Gasteiger partial charge on any atom is 0.212 e. The summed E-state index contributed by atoms with van der Waals surface area (Å²) in [5, 5.41) is 0. The molecule has 2 nitrogen and oxygen atoms in total. The summed E-state index contributed by atoms with van der Waals surface area (Å²) in [5.41, 5.74) is 0.991. The molecule has 0 amide bonds. The maximum atomic E-state index is 6.07. The van der Waals surface area contributed by atoms with E-state index in [1.54, 1.807) is 19.4 Å². The highest BCUT2D eigenvalue weighted by Crippen LogP contribution is 2.21. The van der Waals surface area contributed by atoms with Gasteiger partial charge in [0.1, 0.15) is 15.7 Å². The monoisotopic (exact) mass is 181 g/mol. The van der Waals surface area contributed by atoms with Gasteiger partial charge >= 0.3 is 0 Å². The summed E-state index contributed by atoms with van der Waals surface area (Å²) >= 11 is 6.07. The van der Waals surface area contributed by atoms with Crippen molar-refractivity contribution in [3.63, 3.8) is 0 Å². The molecule has 0 spiro atoms. The van der Waals surface area contributed by atoms with Crippen LogP contribution in [0.3, 0.4) is 0 Å². The number of alkyl halides is 1. The Morgan fingerprint density at radius 2 is 2.17 bits per heavy atom. The highest BCUT2D eigenvalue weighted by molar-refractivity contribution is 6.61. The van der Waals surface area contributed by atoms with Crippen LogP contribution in [-0.4, -0.2) is 27.8 Å². The van der Waals surface area contributed by atoms with E-state index in [1.807, 2.05) is 21.8 Å². The van der Waals surface area contributed by atoms with Gasteiger partial charge in [-0.25, -0.2) is 4.98 Å². The Hall–Kier alpha value is -0.630. The molecular formula is C7H10B2ClNO. The summed E-state index contributed by atoms with van der Waals surface area (Å²) in [5.74, 6) is 0.611. The van der Waals surface area contributed by atoms with Gasteiger partial charge in [0.25, 0.3) is 0 Å². The number of aromatic nitrogens is 1. The molecule has 0 aliphatic carbocycles. The lowest BCUT2D eigenvalue weighted by Crippen LogP contribution is -2.18. The highest BCUT2D eigenvalue weighted by atomic mass is 35.5. The normalized spacial score (nSPS) is 11.2. The standard InChI is InChI=1S/C7H10B2ClNO/c1-12-6-3-2-5(4-11-6)7(8,9)10/h2-4H,8-9H2,1H3. The zero-order valence-corrected chi connectivity index (χ0v) is 8.22. The third-order valence-electron chi connectivity index (χ3n) is 1.63. The molecule has 0 fully saturated rings. The Bertz CT molecular complexity index is 257. The van der Waals surface area contributed by atoms with Gasteiger partial charge in [0.05, 0.1) is 7.11 Å². The molecule has 0 radical (unpaired) electrons. The van der Waals surface area contributed by atoms with Gasteiger partial charge in [0, 0.05) is 16.9 Å². The molecule has 0 N–H and O–H groups in total. The lowest BCUT2D eigenvalue weighted by atomic mass is 9.66. The molecule has 0 aliphatic rings. The van der Waals surface area contributed by atoms with Crippen molar-refractivity contribution in [3.05, 3.63) is 23.9 Å². The van der Waals surface area contributed by atoms with Gasteiger partial charge < -0.3 is 4.74 Å². The lowest BCUT2D eigenvalue weighted by molar-refractivity contribution is 0.397. The molecule has 1 aromatic heterocycles. The second kappa shape index (κ2) is 3.40. The molecule has 0 saturated carbocycles. The number of methoxy groups -OCH3 is 1. The fourth-order valence-corrected chi connectivity index (χ4v) is 0.964. The number of hydrogen-bond acceptors (Lipinski definition) is 2. The van der Waals surface area contributed by atoms with Crippen LogP contribution in [0.4, 0.5) is 0 Å². The maximum absolute atomic E-state index is 6.07. The minimum atomic E-state index is -0.362. The van der Waals surface area contributed by atoms with E-state index in [0.717, 1.165) is 5.56 Å². The fraction of sp³-hybridized carbons (Fsp3) is 0.286. The van der Waals surface area contributed by atoms with E-state index in [4.69, 9.17) is 16.3 Å². The van der Waals surface area contributed by atoms with Crippen molar-refractivity contribution in [1.29, 1.82) is 0 Å². The molecule has 0 aliphatic heterocycles. The van der Waals surface area contributed by atoms with Crippen LogP contribution in [0.15, 0.2) is 18.3 Å². The predicted molar refractivity (Wildman–Crippen MR) is 55.4 cm³/mol. The van der Waals surface area contributed by atoms with Gasteiger partial charge in [0.15, 0.2) is 0 Å². The van der Waals surface area contributed by atoms with Gasteiger partial charge in [-0.3, -0.25) is 0 Å². The molecule has 1 aromatic rings. The summed E-state index contributed by atoms with van der Waals surface area (Å²) in [4.78, 5) is 4.06. The summed E-state index contributed by atoms with van der Waals surface area (Å²) in [6.45, 7) is 0. The second-order valence-corrected chi connectivity index (χ2v) is 4.01. The quantitative estimate of drug-likeness (QED) is 0.462. The Morgan fingerprint density at radius 3 is 2.50 bits per heavy atom. The molecule has 1 heterocycles. The molecule has 12 heavy (non-hydrogen) atoms. The Balaban J connectivity index is 2.93. The molecule has 0 unspecified atom stereocenters. The van der Waals surface area contributed by atoms with E-state index in [0.29, 0.717) is 5.88 Å². The topological polar surface area (TPSA) is 22.1 Å². The van der Waals surface area contributed by atoms with Crippen molar-refractivity contribution in [3.8, 4) is 5.88 Å². The van der Waals surface area contributed by atoms with Crippen molar-refractivity contribution < 1.29 is 4.74 Å². The van der Waals surface area contributed by atoms with E-state index in [2.05, 4.69) is 4.98 Å². The summed E-state index contributed by atoms with van der Waals surface area (Å²) < 4.78 is 4.57. The minimum Gasteiger partial charge on any atom is -0.481 e. The first kappa shape index (κ1) is 9.46. The molecular weight excluding hydrogens is 171 g/mol. The zero-order valence-electron chi connectivity index (χ0n) is 7.47. The van der Waals surface area contributed by atoms with Gasteiger partial charge in [0.2, 0.25) is 5.88 Å². The van der Waals surface area contributed by atoms with E-state index >= 15 is 0 Å². The van der Waals surface area contributed by atoms with Gasteiger partial charge in [-0.2, -0.15) is 0 Å². The van der Waals surface area contributed by atoms with Crippen molar-refractivity contribution in [2.24, 2.45) is 0 Å². The van der Waals surface area contributed by atoms with Crippen molar-refractivity contribution in [2.75, 3.05) is 7.11 Å². The first-order valence-corrected chi connectivity index (χ1v) is 4.11.